The molecule has 1 aromatic rings. The fourth-order valence-electron chi connectivity index (χ4n) is 2.63. The number of hydrogen-bond donors (Lipinski definition) is 0. The Bertz CT molecular complexity index is 670. The highest BCUT2D eigenvalue weighted by Crippen LogP contribution is 2.26. The first-order valence-corrected chi connectivity index (χ1v) is 8.71. The molecular formula is C15H19FN2O3S. The van der Waals surface area contributed by atoms with Crippen LogP contribution >= 0.6 is 0 Å². The molecule has 1 atom stereocenters. The van der Waals surface area contributed by atoms with Crippen LogP contribution in [0.15, 0.2) is 23.1 Å². The van der Waals surface area contributed by atoms with Gasteiger partial charge in [0.05, 0.1) is 6.61 Å². The van der Waals surface area contributed by atoms with Crippen LogP contribution in [-0.2, 0) is 14.8 Å². The molecule has 22 heavy (non-hydrogen) atoms. The van der Waals surface area contributed by atoms with Gasteiger partial charge in [-0.1, -0.05) is 6.07 Å². The van der Waals surface area contributed by atoms with Gasteiger partial charge in [-0.15, -0.1) is 0 Å². The van der Waals surface area contributed by atoms with Crippen LogP contribution in [0.1, 0.15) is 25.3 Å². The van der Waals surface area contributed by atoms with Gasteiger partial charge in [-0.05, 0) is 37.8 Å². The summed E-state index contributed by atoms with van der Waals surface area (Å²) in [5.41, 5.74) is -0.422. The Hall–Kier alpha value is -1.49. The van der Waals surface area contributed by atoms with Crippen LogP contribution in [-0.4, -0.2) is 39.0 Å². The SMILES string of the molecule is CCOCC1CCCN(S(=O)(=O)c2cccc(F)c2C#N)C1. The molecule has 0 radical (unpaired) electrons. The molecule has 1 aliphatic heterocycles. The molecule has 0 N–H and O–H groups in total. The third-order valence-corrected chi connectivity index (χ3v) is 5.65. The predicted molar refractivity (Wildman–Crippen MR) is 79.1 cm³/mol. The number of sulfonamides is 1. The maximum absolute atomic E-state index is 13.7. The van der Waals surface area contributed by atoms with Gasteiger partial charge in [-0.2, -0.15) is 9.57 Å². The highest BCUT2D eigenvalue weighted by molar-refractivity contribution is 7.89. The molecule has 0 aliphatic carbocycles. The normalized spacial score (nSPS) is 19.8. The average molecular weight is 326 g/mol. The molecule has 1 fully saturated rings. The van der Waals surface area contributed by atoms with Crippen LogP contribution in [0.4, 0.5) is 4.39 Å². The molecule has 7 heteroatoms. The Kier molecular flexibility index (Phi) is 5.51. The summed E-state index contributed by atoms with van der Waals surface area (Å²) in [5, 5.41) is 9.04. The number of ether oxygens (including phenoxy) is 1. The van der Waals surface area contributed by atoms with Gasteiger partial charge in [-0.3, -0.25) is 0 Å². The quantitative estimate of drug-likeness (QED) is 0.831. The van der Waals surface area contributed by atoms with E-state index < -0.39 is 21.4 Å². The van der Waals surface area contributed by atoms with Crippen molar-refractivity contribution in [3.63, 3.8) is 0 Å². The van der Waals surface area contributed by atoms with E-state index in [2.05, 4.69) is 0 Å². The minimum atomic E-state index is -3.87. The third-order valence-electron chi connectivity index (χ3n) is 3.74. The first kappa shape index (κ1) is 16.9. The molecule has 5 nitrogen and oxygen atoms in total. The largest absolute Gasteiger partial charge is 0.381 e. The number of nitriles is 1. The van der Waals surface area contributed by atoms with Gasteiger partial charge in [0.25, 0.3) is 0 Å². The standard InChI is InChI=1S/C15H19FN2O3S/c1-2-21-11-12-5-4-8-18(10-12)22(19,20)15-7-3-6-14(16)13(15)9-17/h3,6-7,12H,2,4-5,8,10-11H2,1H3. The van der Waals surface area contributed by atoms with Crippen molar-refractivity contribution in [3.05, 3.63) is 29.6 Å². The van der Waals surface area contributed by atoms with E-state index in [1.807, 2.05) is 6.92 Å². The average Bonchev–Trinajstić information content (AvgIpc) is 2.53. The highest BCUT2D eigenvalue weighted by atomic mass is 32.2. The summed E-state index contributed by atoms with van der Waals surface area (Å²) in [5.74, 6) is -0.686. The molecule has 0 spiro atoms. The molecule has 0 amide bonds. The molecule has 1 aliphatic rings. The Labute approximate surface area is 130 Å². The Morgan fingerprint density at radius 2 is 2.27 bits per heavy atom. The van der Waals surface area contributed by atoms with Gasteiger partial charge in [-0.25, -0.2) is 12.8 Å². The van der Waals surface area contributed by atoms with E-state index in [1.54, 1.807) is 6.07 Å². The number of nitrogens with zero attached hydrogens (tertiary/aromatic N) is 2. The topological polar surface area (TPSA) is 70.4 Å². The van der Waals surface area contributed by atoms with E-state index in [-0.39, 0.29) is 10.8 Å². The fraction of sp³-hybridized carbons (Fsp3) is 0.533. The van der Waals surface area contributed by atoms with Crippen LogP contribution in [0, 0.1) is 23.1 Å². The number of hydrogen-bond acceptors (Lipinski definition) is 4. The zero-order chi connectivity index (χ0) is 16.2. The van der Waals surface area contributed by atoms with Crippen molar-refractivity contribution in [2.24, 2.45) is 5.92 Å². The van der Waals surface area contributed by atoms with E-state index in [4.69, 9.17) is 10.00 Å². The van der Waals surface area contributed by atoms with Crippen LogP contribution in [0.3, 0.4) is 0 Å². The lowest BCUT2D eigenvalue weighted by Gasteiger charge is -2.31. The predicted octanol–water partition coefficient (Wildman–Crippen LogP) is 2.13. The second kappa shape index (κ2) is 7.18. The van der Waals surface area contributed by atoms with Gasteiger partial charge >= 0.3 is 0 Å². The molecule has 120 valence electrons. The zero-order valence-corrected chi connectivity index (χ0v) is 13.3. The lowest BCUT2D eigenvalue weighted by atomic mass is 10.0. The van der Waals surface area contributed by atoms with Crippen LogP contribution in [0.25, 0.3) is 0 Å². The van der Waals surface area contributed by atoms with E-state index in [0.717, 1.165) is 18.9 Å². The van der Waals surface area contributed by atoms with Gasteiger partial charge in [0.1, 0.15) is 22.3 Å². The second-order valence-corrected chi connectivity index (χ2v) is 7.16. The first-order chi connectivity index (χ1) is 10.5. The molecule has 0 aromatic heterocycles. The molecule has 0 bridgehead atoms. The fourth-order valence-corrected chi connectivity index (χ4v) is 4.34. The smallest absolute Gasteiger partial charge is 0.244 e. The molecule has 1 aromatic carbocycles. The summed E-state index contributed by atoms with van der Waals surface area (Å²) in [4.78, 5) is -0.257. The summed E-state index contributed by atoms with van der Waals surface area (Å²) < 4.78 is 45.8. The molecular weight excluding hydrogens is 307 g/mol. The molecule has 1 heterocycles. The van der Waals surface area contributed by atoms with Crippen molar-refractivity contribution in [1.82, 2.24) is 4.31 Å². The summed E-state index contributed by atoms with van der Waals surface area (Å²) in [6, 6.07) is 5.33. The minimum Gasteiger partial charge on any atom is -0.381 e. The van der Waals surface area contributed by atoms with E-state index in [0.29, 0.717) is 26.3 Å². The Balaban J connectivity index is 2.27. The second-order valence-electron chi connectivity index (χ2n) is 5.26. The van der Waals surface area contributed by atoms with Crippen molar-refractivity contribution < 1.29 is 17.5 Å². The van der Waals surface area contributed by atoms with E-state index in [1.165, 1.54) is 16.4 Å². The van der Waals surface area contributed by atoms with Crippen LogP contribution in [0.2, 0.25) is 0 Å². The summed E-state index contributed by atoms with van der Waals surface area (Å²) in [7, 11) is -3.87. The van der Waals surface area contributed by atoms with Crippen molar-refractivity contribution in [3.8, 4) is 6.07 Å². The first-order valence-electron chi connectivity index (χ1n) is 7.27. The van der Waals surface area contributed by atoms with E-state index in [9.17, 15) is 12.8 Å². The lowest BCUT2D eigenvalue weighted by molar-refractivity contribution is 0.0864. The monoisotopic (exact) mass is 326 g/mol. The zero-order valence-electron chi connectivity index (χ0n) is 12.5. The molecule has 1 saturated heterocycles. The summed E-state index contributed by atoms with van der Waals surface area (Å²) >= 11 is 0. The third kappa shape index (κ3) is 3.46. The number of halogens is 1. The minimum absolute atomic E-state index is 0.127. The van der Waals surface area contributed by atoms with Crippen molar-refractivity contribution in [2.45, 2.75) is 24.7 Å². The molecule has 0 saturated carbocycles. The molecule has 2 rings (SSSR count). The maximum Gasteiger partial charge on any atom is 0.244 e. The lowest BCUT2D eigenvalue weighted by Crippen LogP contribution is -2.41. The molecule has 1 unspecified atom stereocenters. The van der Waals surface area contributed by atoms with Gasteiger partial charge in [0.2, 0.25) is 10.0 Å². The van der Waals surface area contributed by atoms with Crippen molar-refractivity contribution in [1.29, 1.82) is 5.26 Å². The van der Waals surface area contributed by atoms with Crippen LogP contribution in [0.5, 0.6) is 0 Å². The summed E-state index contributed by atoms with van der Waals surface area (Å²) in [6.07, 6.45) is 1.63. The van der Waals surface area contributed by atoms with Crippen molar-refractivity contribution >= 4 is 10.0 Å². The van der Waals surface area contributed by atoms with Crippen molar-refractivity contribution in [2.75, 3.05) is 26.3 Å². The van der Waals surface area contributed by atoms with E-state index >= 15 is 0 Å². The van der Waals surface area contributed by atoms with Crippen LogP contribution < -0.4 is 0 Å². The number of piperidine rings is 1. The Morgan fingerprint density at radius 3 is 2.95 bits per heavy atom. The number of rotatable bonds is 5. The highest BCUT2D eigenvalue weighted by Gasteiger charge is 2.32. The van der Waals surface area contributed by atoms with Gasteiger partial charge < -0.3 is 4.74 Å². The number of benzene rings is 1. The maximum atomic E-state index is 13.7. The van der Waals surface area contributed by atoms with Gasteiger partial charge in [0, 0.05) is 19.7 Å². The Morgan fingerprint density at radius 1 is 1.50 bits per heavy atom. The van der Waals surface area contributed by atoms with Gasteiger partial charge in [0.15, 0.2) is 0 Å². The summed E-state index contributed by atoms with van der Waals surface area (Å²) in [6.45, 7) is 3.71.